The molecule has 4 nitrogen and oxygen atoms in total. The van der Waals surface area contributed by atoms with E-state index in [0.717, 1.165) is 38.8 Å². The highest BCUT2D eigenvalue weighted by molar-refractivity contribution is 6.31. The fourth-order valence-corrected chi connectivity index (χ4v) is 2.48. The third kappa shape index (κ3) is 3.61. The first kappa shape index (κ1) is 15.3. The van der Waals surface area contributed by atoms with Gasteiger partial charge in [-0.15, -0.1) is 11.6 Å². The van der Waals surface area contributed by atoms with Crippen molar-refractivity contribution in [2.24, 2.45) is 5.41 Å². The lowest BCUT2D eigenvalue weighted by Gasteiger charge is -2.40. The second-order valence-corrected chi connectivity index (χ2v) is 5.76. The Morgan fingerprint density at radius 2 is 1.78 bits per heavy atom. The lowest BCUT2D eigenvalue weighted by Crippen LogP contribution is -2.49. The van der Waals surface area contributed by atoms with Crippen LogP contribution in [0.5, 0.6) is 0 Å². The number of imide groups is 1. The molecule has 0 aliphatic carbocycles. The van der Waals surface area contributed by atoms with Crippen LogP contribution in [0.2, 0.25) is 0 Å². The Hall–Kier alpha value is -0.770. The van der Waals surface area contributed by atoms with E-state index in [0.29, 0.717) is 5.41 Å². The monoisotopic (exact) mass is 274 g/mol. The summed E-state index contributed by atoms with van der Waals surface area (Å²) in [4.78, 5) is 24.9. The highest BCUT2D eigenvalue weighted by Gasteiger charge is 2.33. The largest absolute Gasteiger partial charge is 0.324 e. The first-order valence-corrected chi connectivity index (χ1v) is 7.11. The van der Waals surface area contributed by atoms with Crippen molar-refractivity contribution in [3.8, 4) is 0 Å². The molecule has 0 spiro atoms. The quantitative estimate of drug-likeness (QED) is 0.805. The number of hydrogen-bond donors (Lipinski definition) is 1. The average Bonchev–Trinajstić information content (AvgIpc) is 2.38. The number of piperidine rings is 1. The molecule has 1 fully saturated rings. The van der Waals surface area contributed by atoms with Crippen LogP contribution < -0.4 is 5.32 Å². The molecule has 1 aliphatic heterocycles. The van der Waals surface area contributed by atoms with Crippen LogP contribution in [0, 0.1) is 5.41 Å². The number of alkyl halides is 1. The van der Waals surface area contributed by atoms with Gasteiger partial charge in [-0.2, -0.15) is 0 Å². The predicted octanol–water partition coefficient (Wildman–Crippen LogP) is 2.75. The number of hydrogen-bond acceptors (Lipinski definition) is 2. The van der Waals surface area contributed by atoms with Crippen LogP contribution in [0.15, 0.2) is 0 Å². The van der Waals surface area contributed by atoms with E-state index >= 15 is 0 Å². The van der Waals surface area contributed by atoms with Crippen LogP contribution in [-0.2, 0) is 4.79 Å². The Bertz CT molecular complexity index is 304. The Morgan fingerprint density at radius 3 is 2.17 bits per heavy atom. The van der Waals surface area contributed by atoms with Crippen molar-refractivity contribution in [3.05, 3.63) is 0 Å². The molecule has 1 atom stereocenters. The summed E-state index contributed by atoms with van der Waals surface area (Å²) < 4.78 is 0. The zero-order valence-corrected chi connectivity index (χ0v) is 12.2. The van der Waals surface area contributed by atoms with Gasteiger partial charge in [0.15, 0.2) is 0 Å². The summed E-state index contributed by atoms with van der Waals surface area (Å²) in [5.74, 6) is -0.426. The molecule has 0 aromatic carbocycles. The normalized spacial score (nSPS) is 20.3. The van der Waals surface area contributed by atoms with Gasteiger partial charge in [-0.05, 0) is 25.2 Å². The number of carbonyl (C=O) groups excluding carboxylic acids is 2. The summed E-state index contributed by atoms with van der Waals surface area (Å²) in [6.45, 7) is 7.41. The summed E-state index contributed by atoms with van der Waals surface area (Å²) in [7, 11) is 0. The van der Waals surface area contributed by atoms with Gasteiger partial charge in [0.05, 0.1) is 0 Å². The third-order valence-electron chi connectivity index (χ3n) is 4.20. The van der Waals surface area contributed by atoms with Gasteiger partial charge in [-0.3, -0.25) is 10.1 Å². The van der Waals surface area contributed by atoms with Crippen LogP contribution >= 0.6 is 11.6 Å². The number of rotatable bonds is 3. The van der Waals surface area contributed by atoms with Gasteiger partial charge in [0.2, 0.25) is 5.91 Å². The van der Waals surface area contributed by atoms with Gasteiger partial charge < -0.3 is 4.90 Å². The number of carbonyl (C=O) groups is 2. The second-order valence-electron chi connectivity index (χ2n) is 5.10. The minimum Gasteiger partial charge on any atom is -0.324 e. The molecule has 0 bridgehead atoms. The molecule has 0 aromatic rings. The zero-order chi connectivity index (χ0) is 13.8. The molecular formula is C13H23ClN2O2. The molecule has 5 heteroatoms. The lowest BCUT2D eigenvalue weighted by molar-refractivity contribution is -0.119. The second kappa shape index (κ2) is 6.41. The maximum atomic E-state index is 11.8. The Kier molecular flexibility index (Phi) is 5.45. The molecule has 1 saturated heterocycles. The lowest BCUT2D eigenvalue weighted by atomic mass is 9.74. The Labute approximate surface area is 114 Å². The molecule has 1 rings (SSSR count). The van der Waals surface area contributed by atoms with E-state index in [4.69, 9.17) is 11.6 Å². The number of likely N-dealkylation sites (tertiary alicyclic amines) is 1. The summed E-state index contributed by atoms with van der Waals surface area (Å²) in [5.41, 5.74) is 0.376. The summed E-state index contributed by atoms with van der Waals surface area (Å²) in [6.07, 6.45) is 4.32. The smallest absolute Gasteiger partial charge is 0.324 e. The third-order valence-corrected chi connectivity index (χ3v) is 4.40. The van der Waals surface area contributed by atoms with Gasteiger partial charge in [0, 0.05) is 13.1 Å². The molecule has 18 heavy (non-hydrogen) atoms. The summed E-state index contributed by atoms with van der Waals surface area (Å²) in [6, 6.07) is -0.312. The van der Waals surface area contributed by atoms with E-state index in [9.17, 15) is 9.59 Å². The maximum Gasteiger partial charge on any atom is 0.324 e. The van der Waals surface area contributed by atoms with Crippen LogP contribution in [0.4, 0.5) is 4.79 Å². The van der Waals surface area contributed by atoms with E-state index in [2.05, 4.69) is 19.2 Å². The van der Waals surface area contributed by atoms with Crippen LogP contribution in [0.25, 0.3) is 0 Å². The molecule has 1 unspecified atom stereocenters. The Balaban J connectivity index is 2.48. The molecule has 0 radical (unpaired) electrons. The van der Waals surface area contributed by atoms with Gasteiger partial charge in [0.1, 0.15) is 5.38 Å². The van der Waals surface area contributed by atoms with Crippen LogP contribution in [0.3, 0.4) is 0 Å². The number of nitrogens with one attached hydrogen (secondary N) is 1. The summed E-state index contributed by atoms with van der Waals surface area (Å²) >= 11 is 5.62. The minimum absolute atomic E-state index is 0.312. The molecule has 0 saturated carbocycles. The highest BCUT2D eigenvalue weighted by Crippen LogP contribution is 2.37. The number of urea groups is 1. The molecule has 1 aliphatic rings. The molecule has 104 valence electrons. The van der Waals surface area contributed by atoms with Crippen molar-refractivity contribution in [2.75, 3.05) is 13.1 Å². The van der Waals surface area contributed by atoms with Gasteiger partial charge >= 0.3 is 6.03 Å². The van der Waals surface area contributed by atoms with Crippen LogP contribution in [0.1, 0.15) is 46.5 Å². The molecular weight excluding hydrogens is 252 g/mol. The van der Waals surface area contributed by atoms with Crippen molar-refractivity contribution in [2.45, 2.75) is 51.8 Å². The molecule has 0 aromatic heterocycles. The molecule has 3 amide bonds. The topological polar surface area (TPSA) is 49.4 Å². The Morgan fingerprint density at radius 1 is 1.28 bits per heavy atom. The van der Waals surface area contributed by atoms with E-state index in [1.807, 2.05) is 0 Å². The van der Waals surface area contributed by atoms with E-state index in [1.54, 1.807) is 11.8 Å². The maximum absolute atomic E-state index is 11.8. The van der Waals surface area contributed by atoms with Crippen molar-refractivity contribution >= 4 is 23.5 Å². The first-order valence-electron chi connectivity index (χ1n) is 6.68. The number of amides is 3. The van der Waals surface area contributed by atoms with Crippen molar-refractivity contribution in [3.63, 3.8) is 0 Å². The van der Waals surface area contributed by atoms with Gasteiger partial charge in [-0.25, -0.2) is 4.79 Å². The average molecular weight is 275 g/mol. The fraction of sp³-hybridized carbons (Fsp3) is 0.846. The predicted molar refractivity (Wildman–Crippen MR) is 72.7 cm³/mol. The first-order chi connectivity index (χ1) is 8.44. The minimum atomic E-state index is -0.677. The molecule has 1 heterocycles. The highest BCUT2D eigenvalue weighted by atomic mass is 35.5. The number of nitrogens with zero attached hydrogens (tertiary/aromatic N) is 1. The van der Waals surface area contributed by atoms with E-state index in [-0.39, 0.29) is 6.03 Å². The standard InChI is InChI=1S/C13H23ClN2O2/c1-4-13(5-2)6-8-16(9-7-13)12(18)15-11(17)10(3)14/h10H,4-9H2,1-3H3,(H,15,17,18). The van der Waals surface area contributed by atoms with Crippen molar-refractivity contribution in [1.29, 1.82) is 0 Å². The SMILES string of the molecule is CCC1(CC)CCN(C(=O)NC(=O)C(C)Cl)CC1. The van der Waals surface area contributed by atoms with Gasteiger partial charge in [0.25, 0.3) is 0 Å². The van der Waals surface area contributed by atoms with Crippen LogP contribution in [-0.4, -0.2) is 35.3 Å². The van der Waals surface area contributed by atoms with E-state index < -0.39 is 11.3 Å². The van der Waals surface area contributed by atoms with Gasteiger partial charge in [-0.1, -0.05) is 26.7 Å². The van der Waals surface area contributed by atoms with Crippen molar-refractivity contribution in [1.82, 2.24) is 10.2 Å². The molecule has 1 N–H and O–H groups in total. The fourth-order valence-electron chi connectivity index (χ4n) is 2.43. The van der Waals surface area contributed by atoms with Crippen molar-refractivity contribution < 1.29 is 9.59 Å². The zero-order valence-electron chi connectivity index (χ0n) is 11.5. The number of halogens is 1. The van der Waals surface area contributed by atoms with E-state index in [1.165, 1.54) is 0 Å². The summed E-state index contributed by atoms with van der Waals surface area (Å²) in [5, 5.41) is 1.65.